The third-order valence-electron chi connectivity index (χ3n) is 2.71. The number of nitrogens with zero attached hydrogens (tertiary/aromatic N) is 3. The van der Waals surface area contributed by atoms with Crippen molar-refractivity contribution in [2.75, 3.05) is 5.73 Å². The molecule has 3 rings (SSSR count). The number of aromatic nitrogens is 4. The summed E-state index contributed by atoms with van der Waals surface area (Å²) in [6, 6.07) is 6.85. The Morgan fingerprint density at radius 1 is 1.20 bits per heavy atom. The molecule has 8 heteroatoms. The summed E-state index contributed by atoms with van der Waals surface area (Å²) in [6.07, 6.45) is 0. The number of halogens is 2. The molecule has 0 radical (unpaired) electrons. The minimum atomic E-state index is 0.198. The fourth-order valence-electron chi connectivity index (χ4n) is 1.76. The molecule has 3 N–H and O–H groups in total. The summed E-state index contributed by atoms with van der Waals surface area (Å²) >= 11 is 12.2. The number of nitrogens with one attached hydrogen (secondary N) is 1. The predicted octanol–water partition coefficient (Wildman–Crippen LogP) is 2.82. The Kier molecular flexibility index (Phi) is 3.33. The van der Waals surface area contributed by atoms with E-state index in [-0.39, 0.29) is 6.61 Å². The number of benzene rings is 1. The fraction of sp³-hybridized carbons (Fsp3) is 0.0833. The standard InChI is InChI=1S/C12H9Cl2N5O/c13-7-2-1-3-8(14)6(7)5-20-9-4-10(15)16-12-11(9)17-19-18-12/h1-4H,5H2,(H3,15,16,17,18,19). The summed E-state index contributed by atoms with van der Waals surface area (Å²) in [6.45, 7) is 0.198. The summed E-state index contributed by atoms with van der Waals surface area (Å²) < 4.78 is 5.69. The first kappa shape index (κ1) is 13.0. The van der Waals surface area contributed by atoms with E-state index < -0.39 is 0 Å². The van der Waals surface area contributed by atoms with E-state index in [9.17, 15) is 0 Å². The van der Waals surface area contributed by atoms with Gasteiger partial charge in [0.2, 0.25) is 5.65 Å². The van der Waals surface area contributed by atoms with Crippen molar-refractivity contribution < 1.29 is 4.74 Å². The highest BCUT2D eigenvalue weighted by molar-refractivity contribution is 6.35. The number of nitrogens with two attached hydrogens (primary N) is 1. The van der Waals surface area contributed by atoms with Crippen molar-refractivity contribution in [3.8, 4) is 5.75 Å². The van der Waals surface area contributed by atoms with E-state index in [1.165, 1.54) is 0 Å². The molecular weight excluding hydrogens is 301 g/mol. The number of pyridine rings is 1. The Balaban J connectivity index is 1.92. The number of H-pyrrole nitrogens is 1. The van der Waals surface area contributed by atoms with Crippen LogP contribution in [0.4, 0.5) is 5.82 Å². The lowest BCUT2D eigenvalue weighted by molar-refractivity contribution is 0.309. The van der Waals surface area contributed by atoms with Crippen LogP contribution in [0.1, 0.15) is 5.56 Å². The monoisotopic (exact) mass is 309 g/mol. The van der Waals surface area contributed by atoms with Crippen LogP contribution in [-0.4, -0.2) is 20.4 Å². The molecule has 3 aromatic rings. The number of anilines is 1. The van der Waals surface area contributed by atoms with Gasteiger partial charge in [0.05, 0.1) is 0 Å². The summed E-state index contributed by atoms with van der Waals surface area (Å²) in [7, 11) is 0. The quantitative estimate of drug-likeness (QED) is 0.776. The molecule has 1 aromatic carbocycles. The molecule has 0 saturated carbocycles. The second-order valence-corrected chi connectivity index (χ2v) is 4.84. The number of rotatable bonds is 3. The van der Waals surface area contributed by atoms with Crippen LogP contribution in [0.15, 0.2) is 24.3 Å². The van der Waals surface area contributed by atoms with Gasteiger partial charge in [0.15, 0.2) is 11.3 Å². The van der Waals surface area contributed by atoms with E-state index in [0.29, 0.717) is 38.3 Å². The highest BCUT2D eigenvalue weighted by atomic mass is 35.5. The zero-order valence-electron chi connectivity index (χ0n) is 10.1. The molecule has 0 saturated heterocycles. The third kappa shape index (κ3) is 2.35. The molecule has 0 spiro atoms. The first-order chi connectivity index (χ1) is 9.65. The van der Waals surface area contributed by atoms with Crippen molar-refractivity contribution in [1.82, 2.24) is 20.4 Å². The molecule has 102 valence electrons. The number of aromatic amines is 1. The topological polar surface area (TPSA) is 89.7 Å². The van der Waals surface area contributed by atoms with Gasteiger partial charge in [-0.3, -0.25) is 0 Å². The first-order valence-corrected chi connectivity index (χ1v) is 6.43. The molecule has 6 nitrogen and oxygen atoms in total. The highest BCUT2D eigenvalue weighted by Crippen LogP contribution is 2.28. The van der Waals surface area contributed by atoms with Crippen LogP contribution >= 0.6 is 23.2 Å². The molecule has 2 heterocycles. The maximum Gasteiger partial charge on any atom is 0.207 e. The van der Waals surface area contributed by atoms with E-state index in [2.05, 4.69) is 20.4 Å². The molecule has 0 aliphatic rings. The minimum Gasteiger partial charge on any atom is -0.486 e. The minimum absolute atomic E-state index is 0.198. The van der Waals surface area contributed by atoms with Crippen LogP contribution in [0.2, 0.25) is 10.0 Å². The van der Waals surface area contributed by atoms with E-state index in [4.69, 9.17) is 33.7 Å². The van der Waals surface area contributed by atoms with Gasteiger partial charge in [-0.05, 0) is 12.1 Å². The second-order valence-electron chi connectivity index (χ2n) is 4.03. The first-order valence-electron chi connectivity index (χ1n) is 5.68. The number of ether oxygens (including phenoxy) is 1. The summed E-state index contributed by atoms with van der Waals surface area (Å²) in [5.74, 6) is 0.767. The number of hydrogen-bond acceptors (Lipinski definition) is 5. The van der Waals surface area contributed by atoms with E-state index in [0.717, 1.165) is 0 Å². The van der Waals surface area contributed by atoms with Crippen LogP contribution in [0, 0.1) is 0 Å². The maximum absolute atomic E-state index is 6.09. The van der Waals surface area contributed by atoms with Crippen molar-refractivity contribution in [1.29, 1.82) is 0 Å². The Morgan fingerprint density at radius 3 is 2.70 bits per heavy atom. The smallest absolute Gasteiger partial charge is 0.207 e. The molecule has 0 atom stereocenters. The lowest BCUT2D eigenvalue weighted by Crippen LogP contribution is -2.00. The van der Waals surface area contributed by atoms with Crippen molar-refractivity contribution in [3.05, 3.63) is 39.9 Å². The molecule has 0 fully saturated rings. The molecule has 0 aliphatic carbocycles. The van der Waals surface area contributed by atoms with Crippen molar-refractivity contribution >= 4 is 40.2 Å². The van der Waals surface area contributed by atoms with Gasteiger partial charge >= 0.3 is 0 Å². The Labute approximate surface area is 123 Å². The zero-order chi connectivity index (χ0) is 14.1. The van der Waals surface area contributed by atoms with Gasteiger partial charge in [-0.1, -0.05) is 29.3 Å². The van der Waals surface area contributed by atoms with Crippen molar-refractivity contribution in [2.45, 2.75) is 6.61 Å². The maximum atomic E-state index is 6.09. The molecule has 0 bridgehead atoms. The second kappa shape index (κ2) is 5.15. The summed E-state index contributed by atoms with van der Waals surface area (Å²) in [4.78, 5) is 4.03. The number of fused-ring (bicyclic) bond motifs is 1. The van der Waals surface area contributed by atoms with Crippen LogP contribution in [0.5, 0.6) is 5.75 Å². The average Bonchev–Trinajstić information content (AvgIpc) is 2.86. The summed E-state index contributed by atoms with van der Waals surface area (Å²) in [5, 5.41) is 11.4. The molecule has 0 amide bonds. The van der Waals surface area contributed by atoms with Gasteiger partial charge in [-0.2, -0.15) is 10.3 Å². The average molecular weight is 310 g/mol. The molecule has 0 unspecified atom stereocenters. The zero-order valence-corrected chi connectivity index (χ0v) is 11.6. The normalized spacial score (nSPS) is 10.9. The molecule has 0 aliphatic heterocycles. The molecule has 20 heavy (non-hydrogen) atoms. The Hall–Kier alpha value is -2.05. The number of nitrogen functional groups attached to an aromatic ring is 1. The van der Waals surface area contributed by atoms with Crippen LogP contribution in [0.3, 0.4) is 0 Å². The predicted molar refractivity (Wildman–Crippen MR) is 76.9 cm³/mol. The fourth-order valence-corrected chi connectivity index (χ4v) is 2.26. The Bertz CT molecular complexity index is 753. The highest BCUT2D eigenvalue weighted by Gasteiger charge is 2.12. The lowest BCUT2D eigenvalue weighted by Gasteiger charge is -2.09. The van der Waals surface area contributed by atoms with Gasteiger partial charge < -0.3 is 10.5 Å². The van der Waals surface area contributed by atoms with Gasteiger partial charge in [0, 0.05) is 21.7 Å². The molecule has 2 aromatic heterocycles. The van der Waals surface area contributed by atoms with Crippen LogP contribution in [0.25, 0.3) is 11.2 Å². The number of hydrogen-bond donors (Lipinski definition) is 2. The van der Waals surface area contributed by atoms with Gasteiger partial charge in [-0.15, -0.1) is 5.10 Å². The largest absolute Gasteiger partial charge is 0.486 e. The van der Waals surface area contributed by atoms with Crippen molar-refractivity contribution in [2.24, 2.45) is 0 Å². The van der Waals surface area contributed by atoms with Gasteiger partial charge in [0.25, 0.3) is 0 Å². The van der Waals surface area contributed by atoms with Crippen LogP contribution in [-0.2, 0) is 6.61 Å². The van der Waals surface area contributed by atoms with Gasteiger partial charge in [-0.25, -0.2) is 4.98 Å². The van der Waals surface area contributed by atoms with Gasteiger partial charge in [0.1, 0.15) is 12.4 Å². The van der Waals surface area contributed by atoms with Crippen LogP contribution < -0.4 is 10.5 Å². The summed E-state index contributed by atoms with van der Waals surface area (Å²) in [5.41, 5.74) is 7.28. The third-order valence-corrected chi connectivity index (χ3v) is 3.42. The molecular formula is C12H9Cl2N5O. The SMILES string of the molecule is Nc1cc(OCc2c(Cl)cccc2Cl)c2n[nH]nc2n1. The van der Waals surface area contributed by atoms with Crippen molar-refractivity contribution in [3.63, 3.8) is 0 Å². The lowest BCUT2D eigenvalue weighted by atomic mass is 10.2. The van der Waals surface area contributed by atoms with E-state index >= 15 is 0 Å². The van der Waals surface area contributed by atoms with E-state index in [1.807, 2.05) is 0 Å². The van der Waals surface area contributed by atoms with E-state index in [1.54, 1.807) is 24.3 Å². The Morgan fingerprint density at radius 2 is 1.95 bits per heavy atom.